The van der Waals surface area contributed by atoms with Crippen LogP contribution in [0.15, 0.2) is 158 Å². The number of carbonyl (C=O) groups is 4. The summed E-state index contributed by atoms with van der Waals surface area (Å²) in [4.78, 5) is 73.2. The summed E-state index contributed by atoms with van der Waals surface area (Å²) < 4.78 is 68.7. The molecule has 0 rings (SSSR count). The Morgan fingerprint density at radius 2 is 0.481 bits per heavy atom. The van der Waals surface area contributed by atoms with Crippen molar-refractivity contribution in [3.8, 4) is 0 Å². The van der Waals surface area contributed by atoms with E-state index in [1.54, 1.807) is 0 Å². The number of ether oxygens (including phenoxy) is 4. The first-order chi connectivity index (χ1) is 52.7. The van der Waals surface area contributed by atoms with Crippen LogP contribution in [0.5, 0.6) is 0 Å². The summed E-state index contributed by atoms with van der Waals surface area (Å²) in [6.45, 7) is 4.45. The molecule has 0 aliphatic carbocycles. The molecule has 108 heavy (non-hydrogen) atoms. The average Bonchev–Trinajstić information content (AvgIpc) is 0.907. The largest absolute Gasteiger partial charge is 0.472 e. The molecule has 5 unspecified atom stereocenters. The minimum absolute atomic E-state index is 0.0357. The van der Waals surface area contributed by atoms with Gasteiger partial charge in [-0.05, 0) is 167 Å². The number of unbranched alkanes of at least 4 members (excludes halogenated alkanes) is 25. The van der Waals surface area contributed by atoms with Gasteiger partial charge in [0.25, 0.3) is 0 Å². The topological polar surface area (TPSA) is 237 Å². The van der Waals surface area contributed by atoms with Crippen LogP contribution in [0.3, 0.4) is 0 Å². The van der Waals surface area contributed by atoms with Crippen LogP contribution in [0.25, 0.3) is 0 Å². The zero-order valence-electron chi connectivity index (χ0n) is 67.5. The fourth-order valence-electron chi connectivity index (χ4n) is 10.7. The zero-order chi connectivity index (χ0) is 78.9. The van der Waals surface area contributed by atoms with Crippen molar-refractivity contribution >= 4 is 39.5 Å². The van der Waals surface area contributed by atoms with Crippen LogP contribution in [-0.4, -0.2) is 96.7 Å². The summed E-state index contributed by atoms with van der Waals surface area (Å²) >= 11 is 0. The molecule has 0 aromatic rings. The lowest BCUT2D eigenvalue weighted by atomic mass is 10.1. The molecule has 0 spiro atoms. The lowest BCUT2D eigenvalue weighted by molar-refractivity contribution is -0.161. The maximum atomic E-state index is 13.1. The summed E-state index contributed by atoms with van der Waals surface area (Å²) in [6, 6.07) is 0. The fourth-order valence-corrected chi connectivity index (χ4v) is 12.3. The van der Waals surface area contributed by atoms with Crippen molar-refractivity contribution in [3.05, 3.63) is 158 Å². The van der Waals surface area contributed by atoms with Crippen LogP contribution >= 0.6 is 15.6 Å². The average molecular weight is 1550 g/mol. The molecule has 0 aliphatic rings. The van der Waals surface area contributed by atoms with Gasteiger partial charge in [-0.3, -0.25) is 37.3 Å². The number of esters is 4. The number of aliphatic hydroxyl groups excluding tert-OH is 1. The van der Waals surface area contributed by atoms with Gasteiger partial charge < -0.3 is 33.8 Å². The van der Waals surface area contributed by atoms with E-state index in [1.807, 2.05) is 0 Å². The van der Waals surface area contributed by atoms with Gasteiger partial charge in [-0.25, -0.2) is 9.13 Å². The van der Waals surface area contributed by atoms with Crippen molar-refractivity contribution in [1.29, 1.82) is 0 Å². The second kappa shape index (κ2) is 79.8. The van der Waals surface area contributed by atoms with Crippen LogP contribution in [-0.2, 0) is 65.4 Å². The van der Waals surface area contributed by atoms with E-state index in [-0.39, 0.29) is 25.7 Å². The van der Waals surface area contributed by atoms with Gasteiger partial charge in [0, 0.05) is 25.7 Å². The van der Waals surface area contributed by atoms with E-state index >= 15 is 0 Å². The standard InChI is InChI=1S/C89H148O17P2/c1-5-9-13-17-21-25-29-33-37-40-41-44-47-50-54-58-62-66-70-74-87(92)100-80-85(106-89(94)76-72-68-64-60-56-52-48-43-39-35-31-27-23-19-15-11-7-3)82-104-108(97,98)102-78-83(90)77-101-107(95,96)103-81-84(105-88(93)75-71-67-63-59-55-51-45-36-32-28-24-20-16-12-8-4)79-99-86(91)73-69-65-61-57-53-49-46-42-38-34-30-26-22-18-14-10-6-2/h10-12,14-16,21-28,33-39,41,44-45,55,59,83-85,90H,5-9,13,17-20,29-32,40,42-43,46-54,56-58,60-82H2,1-4H3,(H,95,96)(H,97,98)/b14-10-,15-11-,16-12-,25-21-,26-22-,27-23-,28-24-,37-33-,38-34-,39-35-,44-41-,45-36-,59-55-. The van der Waals surface area contributed by atoms with Gasteiger partial charge in [-0.1, -0.05) is 288 Å². The Hall–Kier alpha value is -5.32. The molecule has 0 radical (unpaired) electrons. The van der Waals surface area contributed by atoms with E-state index in [1.165, 1.54) is 19.3 Å². The monoisotopic (exact) mass is 1550 g/mol. The third-order valence-electron chi connectivity index (χ3n) is 17.0. The molecule has 0 fully saturated rings. The molecular formula is C89H148O17P2. The predicted octanol–water partition coefficient (Wildman–Crippen LogP) is 24.8. The number of aliphatic hydroxyl groups is 1. The third kappa shape index (κ3) is 78.8. The summed E-state index contributed by atoms with van der Waals surface area (Å²) in [5.41, 5.74) is 0. The van der Waals surface area contributed by atoms with Crippen LogP contribution in [0.2, 0.25) is 0 Å². The van der Waals surface area contributed by atoms with Gasteiger partial charge in [-0.2, -0.15) is 0 Å². The maximum Gasteiger partial charge on any atom is 0.472 e. The van der Waals surface area contributed by atoms with Crippen LogP contribution in [0, 0.1) is 0 Å². The minimum atomic E-state index is -5.00. The molecule has 17 nitrogen and oxygen atoms in total. The maximum absolute atomic E-state index is 13.1. The van der Waals surface area contributed by atoms with Gasteiger partial charge >= 0.3 is 39.5 Å². The quantitative estimate of drug-likeness (QED) is 0.0169. The molecule has 0 heterocycles. The summed E-state index contributed by atoms with van der Waals surface area (Å²) in [5.74, 6) is -2.26. The number of allylic oxidation sites excluding steroid dienone is 26. The van der Waals surface area contributed by atoms with E-state index in [0.29, 0.717) is 32.1 Å². The van der Waals surface area contributed by atoms with Crippen LogP contribution in [0.1, 0.15) is 323 Å². The highest BCUT2D eigenvalue weighted by Gasteiger charge is 2.30. The van der Waals surface area contributed by atoms with Crippen molar-refractivity contribution in [1.82, 2.24) is 0 Å². The highest BCUT2D eigenvalue weighted by molar-refractivity contribution is 7.47. The van der Waals surface area contributed by atoms with Gasteiger partial charge in [0.1, 0.15) is 19.3 Å². The molecule has 0 bridgehead atoms. The summed E-state index contributed by atoms with van der Waals surface area (Å²) in [6.07, 6.45) is 93.5. The van der Waals surface area contributed by atoms with Crippen molar-refractivity contribution in [2.24, 2.45) is 0 Å². The molecule has 0 saturated heterocycles. The lowest BCUT2D eigenvalue weighted by Gasteiger charge is -2.21. The summed E-state index contributed by atoms with van der Waals surface area (Å²) in [7, 11) is -10.00. The Bertz CT molecular complexity index is 2660. The molecule has 0 aliphatic heterocycles. The first kappa shape index (κ1) is 103. The minimum Gasteiger partial charge on any atom is -0.462 e. The lowest BCUT2D eigenvalue weighted by Crippen LogP contribution is -2.30. The molecule has 5 atom stereocenters. The first-order valence-electron chi connectivity index (χ1n) is 41.7. The molecule has 3 N–H and O–H groups in total. The van der Waals surface area contributed by atoms with Crippen molar-refractivity contribution in [2.75, 3.05) is 39.6 Å². The predicted molar refractivity (Wildman–Crippen MR) is 445 cm³/mol. The number of carbonyl (C=O) groups excluding carboxylic acids is 4. The van der Waals surface area contributed by atoms with Crippen LogP contribution in [0.4, 0.5) is 0 Å². The van der Waals surface area contributed by atoms with E-state index < -0.39 is 97.5 Å². The summed E-state index contributed by atoms with van der Waals surface area (Å²) in [5, 5.41) is 10.7. The Morgan fingerprint density at radius 1 is 0.269 bits per heavy atom. The van der Waals surface area contributed by atoms with E-state index in [0.717, 1.165) is 218 Å². The van der Waals surface area contributed by atoms with E-state index in [2.05, 4.69) is 186 Å². The van der Waals surface area contributed by atoms with Gasteiger partial charge in [-0.15, -0.1) is 0 Å². The molecule has 0 aromatic heterocycles. The molecule has 0 aromatic carbocycles. The zero-order valence-corrected chi connectivity index (χ0v) is 69.3. The van der Waals surface area contributed by atoms with E-state index in [9.17, 15) is 43.2 Å². The van der Waals surface area contributed by atoms with Crippen molar-refractivity contribution in [2.45, 2.75) is 341 Å². The van der Waals surface area contributed by atoms with Crippen LogP contribution < -0.4 is 0 Å². The fraction of sp³-hybridized carbons (Fsp3) is 0.663. The SMILES string of the molecule is CC/C=C\C/C=C\C/C=C\C/C=C\CCCCC(=O)OC(COC(=O)CCCCCCCCC/C=C\C/C=C\C/C=C\CC)COP(=O)(O)OCC(O)COP(=O)(O)OCC(COC(=O)CCCCCCCC/C=C\C/C=C\C/C=C\CCCCC)OC(=O)CCCCCCCCC/C=C\C/C=C\C/C=C\CC. The second-order valence-corrected chi connectivity index (χ2v) is 30.2. The van der Waals surface area contributed by atoms with Gasteiger partial charge in [0.05, 0.1) is 26.4 Å². The van der Waals surface area contributed by atoms with Crippen molar-refractivity contribution in [3.63, 3.8) is 0 Å². The highest BCUT2D eigenvalue weighted by Crippen LogP contribution is 2.45. The van der Waals surface area contributed by atoms with Gasteiger partial charge in [0.15, 0.2) is 12.2 Å². The highest BCUT2D eigenvalue weighted by atomic mass is 31.2. The number of phosphoric acid groups is 2. The number of hydrogen-bond donors (Lipinski definition) is 3. The van der Waals surface area contributed by atoms with Gasteiger partial charge in [0.2, 0.25) is 0 Å². The normalized spacial score (nSPS) is 14.6. The Labute approximate surface area is 655 Å². The number of rotatable bonds is 77. The number of phosphoric ester groups is 2. The van der Waals surface area contributed by atoms with E-state index in [4.69, 9.17) is 37.0 Å². The van der Waals surface area contributed by atoms with Crippen molar-refractivity contribution < 1.29 is 80.2 Å². The first-order valence-corrected chi connectivity index (χ1v) is 44.7. The Kier molecular flexibility index (Phi) is 75.8. The Morgan fingerprint density at radius 3 is 0.759 bits per heavy atom. The molecule has 616 valence electrons. The molecular weight excluding hydrogens is 1400 g/mol. The molecule has 19 heteroatoms. The molecule has 0 amide bonds. The molecule has 0 saturated carbocycles. The Balaban J connectivity index is 5.43. The smallest absolute Gasteiger partial charge is 0.462 e. The third-order valence-corrected chi connectivity index (χ3v) is 18.9. The number of hydrogen-bond acceptors (Lipinski definition) is 15. The second-order valence-electron chi connectivity index (χ2n) is 27.3.